The van der Waals surface area contributed by atoms with E-state index in [4.69, 9.17) is 4.74 Å². The van der Waals surface area contributed by atoms with Crippen molar-refractivity contribution in [1.29, 1.82) is 0 Å². The van der Waals surface area contributed by atoms with E-state index in [0.29, 0.717) is 6.54 Å². The zero-order valence-electron chi connectivity index (χ0n) is 15.2. The molecule has 1 N–H and O–H groups in total. The minimum Gasteiger partial charge on any atom is -0.496 e. The van der Waals surface area contributed by atoms with Gasteiger partial charge < -0.3 is 15.0 Å². The molecule has 1 aliphatic rings. The Morgan fingerprint density at radius 2 is 1.80 bits per heavy atom. The van der Waals surface area contributed by atoms with Crippen LogP contribution in [-0.4, -0.2) is 32.0 Å². The lowest BCUT2D eigenvalue weighted by atomic mass is 10.1. The standard InChI is InChI=1S/C21H26N2O2/c1-23(2)14-16-9-5-4-8-15(16)13-22-21(24)19-12-18(19)17-10-6-7-11-20(17)25-3/h4-11,18-19H,12-14H2,1-3H3,(H,22,24)/t18-,19-/m0/s1. The van der Waals surface area contributed by atoms with E-state index in [1.807, 2.05) is 30.3 Å². The van der Waals surface area contributed by atoms with Crippen LogP contribution in [0.2, 0.25) is 0 Å². The van der Waals surface area contributed by atoms with Crippen LogP contribution < -0.4 is 10.1 Å². The van der Waals surface area contributed by atoms with Crippen LogP contribution in [0.5, 0.6) is 5.75 Å². The first-order chi connectivity index (χ1) is 12.1. The molecule has 25 heavy (non-hydrogen) atoms. The van der Waals surface area contributed by atoms with Crippen molar-refractivity contribution in [3.05, 3.63) is 65.2 Å². The summed E-state index contributed by atoms with van der Waals surface area (Å²) in [6.07, 6.45) is 0.894. The highest BCUT2D eigenvalue weighted by molar-refractivity contribution is 5.83. The van der Waals surface area contributed by atoms with Crippen LogP contribution in [0.4, 0.5) is 0 Å². The molecule has 0 saturated heterocycles. The molecule has 1 saturated carbocycles. The van der Waals surface area contributed by atoms with Gasteiger partial charge in [-0.15, -0.1) is 0 Å². The monoisotopic (exact) mass is 338 g/mol. The van der Waals surface area contributed by atoms with Gasteiger partial charge in [0.1, 0.15) is 5.75 Å². The number of nitrogens with zero attached hydrogens (tertiary/aromatic N) is 1. The molecule has 0 aliphatic heterocycles. The fourth-order valence-electron chi connectivity index (χ4n) is 3.34. The molecule has 0 radical (unpaired) electrons. The Bertz CT molecular complexity index is 742. The summed E-state index contributed by atoms with van der Waals surface area (Å²) in [4.78, 5) is 14.7. The quantitative estimate of drug-likeness (QED) is 0.843. The van der Waals surface area contributed by atoms with Crippen molar-refractivity contribution in [3.63, 3.8) is 0 Å². The fraction of sp³-hybridized carbons (Fsp3) is 0.381. The maximum atomic E-state index is 12.5. The molecule has 2 aromatic carbocycles. The highest BCUT2D eigenvalue weighted by Crippen LogP contribution is 2.50. The van der Waals surface area contributed by atoms with Gasteiger partial charge in [-0.25, -0.2) is 0 Å². The minimum atomic E-state index is 0.0531. The molecular weight excluding hydrogens is 312 g/mol. The van der Waals surface area contributed by atoms with E-state index < -0.39 is 0 Å². The van der Waals surface area contributed by atoms with E-state index in [0.717, 1.165) is 24.3 Å². The number of amides is 1. The third kappa shape index (κ3) is 4.20. The van der Waals surface area contributed by atoms with Crippen LogP contribution >= 0.6 is 0 Å². The predicted octanol–water partition coefficient (Wildman–Crippen LogP) is 3.18. The molecule has 0 bridgehead atoms. The lowest BCUT2D eigenvalue weighted by molar-refractivity contribution is -0.122. The van der Waals surface area contributed by atoms with E-state index in [2.05, 4.69) is 42.5 Å². The van der Waals surface area contributed by atoms with Crippen molar-refractivity contribution < 1.29 is 9.53 Å². The van der Waals surface area contributed by atoms with Gasteiger partial charge in [-0.2, -0.15) is 0 Å². The van der Waals surface area contributed by atoms with Crippen LogP contribution in [0.15, 0.2) is 48.5 Å². The van der Waals surface area contributed by atoms with Crippen LogP contribution in [0.25, 0.3) is 0 Å². The zero-order valence-corrected chi connectivity index (χ0v) is 15.2. The first-order valence-corrected chi connectivity index (χ1v) is 8.72. The number of benzene rings is 2. The molecular formula is C21H26N2O2. The number of carbonyl (C=O) groups is 1. The Hall–Kier alpha value is -2.33. The molecule has 3 rings (SSSR count). The zero-order chi connectivity index (χ0) is 17.8. The number of hydrogen-bond acceptors (Lipinski definition) is 3. The van der Waals surface area contributed by atoms with Crippen molar-refractivity contribution in [2.24, 2.45) is 5.92 Å². The molecule has 1 fully saturated rings. The molecule has 2 atom stereocenters. The van der Waals surface area contributed by atoms with Crippen LogP contribution in [0.1, 0.15) is 29.0 Å². The number of para-hydroxylation sites is 1. The van der Waals surface area contributed by atoms with Crippen molar-refractivity contribution in [3.8, 4) is 5.75 Å². The van der Waals surface area contributed by atoms with Gasteiger partial charge in [-0.05, 0) is 49.2 Å². The second kappa shape index (κ2) is 7.70. The van der Waals surface area contributed by atoms with Gasteiger partial charge in [0, 0.05) is 19.0 Å². The van der Waals surface area contributed by atoms with E-state index in [1.165, 1.54) is 11.1 Å². The average molecular weight is 338 g/mol. The van der Waals surface area contributed by atoms with E-state index in [9.17, 15) is 4.79 Å². The second-order valence-corrected chi connectivity index (χ2v) is 6.91. The molecule has 2 aromatic rings. The van der Waals surface area contributed by atoms with E-state index in [-0.39, 0.29) is 17.7 Å². The SMILES string of the molecule is COc1ccccc1[C@@H]1C[C@@H]1C(=O)NCc1ccccc1CN(C)C. The molecule has 0 aromatic heterocycles. The Kier molecular flexibility index (Phi) is 5.39. The lowest BCUT2D eigenvalue weighted by Gasteiger charge is -2.14. The summed E-state index contributed by atoms with van der Waals surface area (Å²) in [5.74, 6) is 1.33. The molecule has 4 nitrogen and oxygen atoms in total. The van der Waals surface area contributed by atoms with Gasteiger partial charge in [0.25, 0.3) is 0 Å². The Morgan fingerprint density at radius 1 is 1.12 bits per heavy atom. The van der Waals surface area contributed by atoms with Crippen molar-refractivity contribution >= 4 is 5.91 Å². The van der Waals surface area contributed by atoms with Gasteiger partial charge in [0.2, 0.25) is 5.91 Å². The summed E-state index contributed by atoms with van der Waals surface area (Å²) in [6, 6.07) is 16.3. The second-order valence-electron chi connectivity index (χ2n) is 6.91. The fourth-order valence-corrected chi connectivity index (χ4v) is 3.34. The van der Waals surface area contributed by atoms with Crippen molar-refractivity contribution in [2.75, 3.05) is 21.2 Å². The Morgan fingerprint density at radius 3 is 2.52 bits per heavy atom. The minimum absolute atomic E-state index is 0.0531. The first kappa shape index (κ1) is 17.5. The number of nitrogens with one attached hydrogen (secondary N) is 1. The number of hydrogen-bond donors (Lipinski definition) is 1. The molecule has 1 amide bonds. The van der Waals surface area contributed by atoms with E-state index >= 15 is 0 Å². The summed E-state index contributed by atoms with van der Waals surface area (Å²) in [5.41, 5.74) is 3.57. The average Bonchev–Trinajstić information content (AvgIpc) is 3.41. The highest BCUT2D eigenvalue weighted by Gasteiger charge is 2.45. The summed E-state index contributed by atoms with van der Waals surface area (Å²) in [5, 5.41) is 3.11. The van der Waals surface area contributed by atoms with Crippen molar-refractivity contribution in [1.82, 2.24) is 10.2 Å². The number of carbonyl (C=O) groups excluding carboxylic acids is 1. The summed E-state index contributed by atoms with van der Waals surface area (Å²) in [6.45, 7) is 1.46. The maximum Gasteiger partial charge on any atom is 0.224 e. The molecule has 132 valence electrons. The van der Waals surface area contributed by atoms with Gasteiger partial charge in [0.15, 0.2) is 0 Å². The predicted molar refractivity (Wildman–Crippen MR) is 99.5 cm³/mol. The normalized spacial score (nSPS) is 18.9. The highest BCUT2D eigenvalue weighted by atomic mass is 16.5. The largest absolute Gasteiger partial charge is 0.496 e. The van der Waals surface area contributed by atoms with Crippen LogP contribution in [0.3, 0.4) is 0 Å². The van der Waals surface area contributed by atoms with Crippen LogP contribution in [0, 0.1) is 5.92 Å². The number of methoxy groups -OCH3 is 1. The summed E-state index contributed by atoms with van der Waals surface area (Å²) < 4.78 is 5.42. The maximum absolute atomic E-state index is 12.5. The first-order valence-electron chi connectivity index (χ1n) is 8.72. The van der Waals surface area contributed by atoms with E-state index in [1.54, 1.807) is 7.11 Å². The van der Waals surface area contributed by atoms with Gasteiger partial charge in [0.05, 0.1) is 7.11 Å². The van der Waals surface area contributed by atoms with Crippen molar-refractivity contribution in [2.45, 2.75) is 25.4 Å². The summed E-state index contributed by atoms with van der Waals surface area (Å²) in [7, 11) is 5.78. The molecule has 0 spiro atoms. The van der Waals surface area contributed by atoms with Gasteiger partial charge in [-0.1, -0.05) is 42.5 Å². The Balaban J connectivity index is 1.60. The number of rotatable bonds is 7. The van der Waals surface area contributed by atoms with Gasteiger partial charge in [-0.3, -0.25) is 4.79 Å². The number of ether oxygens (including phenoxy) is 1. The molecule has 0 unspecified atom stereocenters. The molecule has 1 aliphatic carbocycles. The molecule has 4 heteroatoms. The Labute approximate surface area is 149 Å². The van der Waals surface area contributed by atoms with Gasteiger partial charge >= 0.3 is 0 Å². The topological polar surface area (TPSA) is 41.6 Å². The smallest absolute Gasteiger partial charge is 0.224 e. The lowest BCUT2D eigenvalue weighted by Crippen LogP contribution is -2.26. The summed E-state index contributed by atoms with van der Waals surface area (Å²) >= 11 is 0. The molecule has 0 heterocycles. The third-order valence-corrected chi connectivity index (χ3v) is 4.72. The third-order valence-electron chi connectivity index (χ3n) is 4.72. The van der Waals surface area contributed by atoms with Crippen LogP contribution in [-0.2, 0) is 17.9 Å².